The number of hydrogen-bond acceptors (Lipinski definition) is 5. The van der Waals surface area contributed by atoms with Gasteiger partial charge < -0.3 is 15.0 Å². The van der Waals surface area contributed by atoms with Crippen LogP contribution in [0.4, 0.5) is 5.82 Å². The normalized spacial score (nSPS) is 10.8. The monoisotopic (exact) mass is 255 g/mol. The molecule has 2 N–H and O–H groups in total. The zero-order valence-electron chi connectivity index (χ0n) is 10.7. The summed E-state index contributed by atoms with van der Waals surface area (Å²) < 4.78 is 10.4. The number of anilines is 1. The molecule has 0 spiro atoms. The van der Waals surface area contributed by atoms with Crippen molar-refractivity contribution >= 4 is 16.8 Å². The highest BCUT2D eigenvalue weighted by atomic mass is 16.5. The minimum absolute atomic E-state index is 0.348. The van der Waals surface area contributed by atoms with Crippen LogP contribution in [-0.2, 0) is 0 Å². The van der Waals surface area contributed by atoms with Crippen LogP contribution in [-0.4, -0.2) is 17.3 Å². The van der Waals surface area contributed by atoms with Gasteiger partial charge >= 0.3 is 0 Å². The molecule has 0 aliphatic carbocycles. The molecule has 3 rings (SSSR count). The second-order valence-electron chi connectivity index (χ2n) is 4.29. The minimum atomic E-state index is 0.348. The number of benzene rings is 1. The number of nitrogen functional groups attached to an aromatic ring is 1. The van der Waals surface area contributed by atoms with Gasteiger partial charge in [-0.2, -0.15) is 0 Å². The van der Waals surface area contributed by atoms with Crippen molar-refractivity contribution in [3.63, 3.8) is 0 Å². The summed E-state index contributed by atoms with van der Waals surface area (Å²) in [6.45, 7) is 1.90. The third-order valence-electron chi connectivity index (χ3n) is 2.95. The molecule has 1 aromatic carbocycles. The van der Waals surface area contributed by atoms with Crippen LogP contribution in [0.5, 0.6) is 5.75 Å². The number of ether oxygens (including phenoxy) is 1. The van der Waals surface area contributed by atoms with Gasteiger partial charge in [0.25, 0.3) is 0 Å². The maximum absolute atomic E-state index is 5.86. The van der Waals surface area contributed by atoms with Crippen molar-refractivity contribution in [1.82, 2.24) is 10.1 Å². The molecule has 0 radical (unpaired) electrons. The van der Waals surface area contributed by atoms with Crippen molar-refractivity contribution in [2.45, 2.75) is 6.92 Å². The minimum Gasteiger partial charge on any atom is -0.497 e. The average Bonchev–Trinajstić information content (AvgIpc) is 2.79. The fourth-order valence-electron chi connectivity index (χ4n) is 2.09. The van der Waals surface area contributed by atoms with E-state index in [2.05, 4.69) is 10.1 Å². The molecule has 19 heavy (non-hydrogen) atoms. The Morgan fingerprint density at radius 1 is 1.26 bits per heavy atom. The Labute approximate surface area is 110 Å². The summed E-state index contributed by atoms with van der Waals surface area (Å²) in [5.41, 5.74) is 9.03. The van der Waals surface area contributed by atoms with Crippen molar-refractivity contribution in [1.29, 1.82) is 0 Å². The van der Waals surface area contributed by atoms with Crippen LogP contribution >= 0.6 is 0 Å². The van der Waals surface area contributed by atoms with Crippen LogP contribution in [0.3, 0.4) is 0 Å². The van der Waals surface area contributed by atoms with Gasteiger partial charge in [0.1, 0.15) is 5.75 Å². The summed E-state index contributed by atoms with van der Waals surface area (Å²) in [5, 5.41) is 4.53. The third-order valence-corrected chi connectivity index (χ3v) is 2.95. The summed E-state index contributed by atoms with van der Waals surface area (Å²) in [4.78, 5) is 4.54. The van der Waals surface area contributed by atoms with Gasteiger partial charge in [-0.05, 0) is 19.1 Å². The van der Waals surface area contributed by atoms with Crippen LogP contribution in [0.15, 0.2) is 34.9 Å². The van der Waals surface area contributed by atoms with Gasteiger partial charge in [0.15, 0.2) is 11.4 Å². The Bertz CT molecular complexity index is 750. The lowest BCUT2D eigenvalue weighted by molar-refractivity contribution is 0.415. The highest BCUT2D eigenvalue weighted by Crippen LogP contribution is 2.32. The lowest BCUT2D eigenvalue weighted by atomic mass is 10.1. The van der Waals surface area contributed by atoms with Gasteiger partial charge in [-0.1, -0.05) is 17.3 Å². The number of methoxy groups -OCH3 is 1. The SMILES string of the molecule is COc1cccc(-c2nc(C)cc3onc(N)c23)c1. The molecule has 2 aromatic heterocycles. The topological polar surface area (TPSA) is 74.2 Å². The molecule has 2 heterocycles. The molecule has 5 nitrogen and oxygen atoms in total. The van der Waals surface area contributed by atoms with Crippen LogP contribution in [0.2, 0.25) is 0 Å². The molecule has 0 saturated heterocycles. The molecular formula is C14H13N3O2. The van der Waals surface area contributed by atoms with Crippen molar-refractivity contribution < 1.29 is 9.26 Å². The predicted molar refractivity (Wildman–Crippen MR) is 72.9 cm³/mol. The molecule has 0 atom stereocenters. The Morgan fingerprint density at radius 3 is 2.89 bits per heavy atom. The summed E-state index contributed by atoms with van der Waals surface area (Å²) in [7, 11) is 1.63. The largest absolute Gasteiger partial charge is 0.497 e. The zero-order valence-corrected chi connectivity index (χ0v) is 10.7. The van der Waals surface area contributed by atoms with Crippen LogP contribution in [0.25, 0.3) is 22.2 Å². The van der Waals surface area contributed by atoms with E-state index in [9.17, 15) is 0 Å². The van der Waals surface area contributed by atoms with Crippen LogP contribution < -0.4 is 10.5 Å². The molecule has 0 aliphatic rings. The third kappa shape index (κ3) is 1.89. The van der Waals surface area contributed by atoms with E-state index in [-0.39, 0.29) is 0 Å². The highest BCUT2D eigenvalue weighted by molar-refractivity contribution is 5.98. The van der Waals surface area contributed by atoms with Gasteiger partial charge in [0.05, 0.1) is 18.2 Å². The Hall–Kier alpha value is -2.56. The first kappa shape index (κ1) is 11.5. The van der Waals surface area contributed by atoms with Crippen LogP contribution in [0.1, 0.15) is 5.69 Å². The van der Waals surface area contributed by atoms with Gasteiger partial charge in [-0.15, -0.1) is 0 Å². The van der Waals surface area contributed by atoms with E-state index >= 15 is 0 Å². The number of aryl methyl sites for hydroxylation is 1. The number of nitrogens with two attached hydrogens (primary N) is 1. The van der Waals surface area contributed by atoms with Crippen molar-refractivity contribution in [2.24, 2.45) is 0 Å². The van der Waals surface area contributed by atoms with Gasteiger partial charge in [-0.25, -0.2) is 0 Å². The average molecular weight is 255 g/mol. The maximum Gasteiger partial charge on any atom is 0.177 e. The summed E-state index contributed by atoms with van der Waals surface area (Å²) in [6, 6.07) is 9.48. The lowest BCUT2D eigenvalue weighted by Gasteiger charge is -2.06. The van der Waals surface area contributed by atoms with E-state index in [0.29, 0.717) is 11.4 Å². The molecule has 0 aliphatic heterocycles. The number of aromatic nitrogens is 2. The quantitative estimate of drug-likeness (QED) is 0.762. The summed E-state index contributed by atoms with van der Waals surface area (Å²) >= 11 is 0. The van der Waals surface area contributed by atoms with Crippen LogP contribution in [0, 0.1) is 6.92 Å². The highest BCUT2D eigenvalue weighted by Gasteiger charge is 2.14. The van der Waals surface area contributed by atoms with E-state index in [1.165, 1.54) is 0 Å². The van der Waals surface area contributed by atoms with Gasteiger partial charge in [0.2, 0.25) is 0 Å². The summed E-state index contributed by atoms with van der Waals surface area (Å²) in [6.07, 6.45) is 0. The number of hydrogen-bond donors (Lipinski definition) is 1. The fraction of sp³-hybridized carbons (Fsp3) is 0.143. The molecule has 0 amide bonds. The molecule has 0 saturated carbocycles. The van der Waals surface area contributed by atoms with Gasteiger partial charge in [0, 0.05) is 17.3 Å². The Kier molecular flexibility index (Phi) is 2.59. The molecule has 5 heteroatoms. The first-order valence-electron chi connectivity index (χ1n) is 5.86. The smallest absolute Gasteiger partial charge is 0.177 e. The number of rotatable bonds is 2. The van der Waals surface area contributed by atoms with E-state index < -0.39 is 0 Å². The molecule has 0 fully saturated rings. The van der Waals surface area contributed by atoms with E-state index in [4.69, 9.17) is 15.0 Å². The zero-order chi connectivity index (χ0) is 13.4. The number of pyridine rings is 1. The van der Waals surface area contributed by atoms with E-state index in [1.54, 1.807) is 7.11 Å². The Balaban J connectivity index is 2.31. The lowest BCUT2D eigenvalue weighted by Crippen LogP contribution is -1.92. The first-order chi connectivity index (χ1) is 9.19. The van der Waals surface area contributed by atoms with Crippen molar-refractivity contribution in [2.75, 3.05) is 12.8 Å². The van der Waals surface area contributed by atoms with E-state index in [1.807, 2.05) is 37.3 Å². The number of fused-ring (bicyclic) bond motifs is 1. The molecule has 96 valence electrons. The molecule has 3 aromatic rings. The maximum atomic E-state index is 5.86. The van der Waals surface area contributed by atoms with E-state index in [0.717, 1.165) is 28.1 Å². The van der Waals surface area contributed by atoms with Crippen molar-refractivity contribution in [3.05, 3.63) is 36.0 Å². The van der Waals surface area contributed by atoms with Crippen molar-refractivity contribution in [3.8, 4) is 17.0 Å². The summed E-state index contributed by atoms with van der Waals surface area (Å²) in [5.74, 6) is 1.12. The number of nitrogens with zero attached hydrogens (tertiary/aromatic N) is 2. The second kappa shape index (κ2) is 4.28. The molecular weight excluding hydrogens is 242 g/mol. The van der Waals surface area contributed by atoms with Gasteiger partial charge in [-0.3, -0.25) is 4.98 Å². The fourth-order valence-corrected chi connectivity index (χ4v) is 2.09. The first-order valence-corrected chi connectivity index (χ1v) is 5.86. The standard InChI is InChI=1S/C14H13N3O2/c1-8-6-11-12(14(15)17-19-11)13(16-8)9-4-3-5-10(7-9)18-2/h3-7H,1-2H3,(H2,15,17). The predicted octanol–water partition coefficient (Wildman–Crippen LogP) is 2.79. The molecule has 0 unspecified atom stereocenters. The Morgan fingerprint density at radius 2 is 2.11 bits per heavy atom. The second-order valence-corrected chi connectivity index (χ2v) is 4.29. The molecule has 0 bridgehead atoms.